The van der Waals surface area contributed by atoms with Crippen molar-refractivity contribution >= 4 is 5.91 Å². The molecule has 20 heavy (non-hydrogen) atoms. The smallest absolute Gasteiger partial charge is 0.387 e. The Bertz CT molecular complexity index is 501. The van der Waals surface area contributed by atoms with Gasteiger partial charge in [-0.3, -0.25) is 4.79 Å². The number of alkyl halides is 3. The standard InChI is InChI=1S/C14H16F3NO2/c1-8-6-10(8)13(20)18-7-12(19)9-4-2-3-5-11(9)14(15,16)17/h2-5,8,10,12,19H,6-7H2,1H3,(H,18,20)/t8-,10+,12+/m1/s1. The van der Waals surface area contributed by atoms with Crippen LogP contribution in [-0.2, 0) is 11.0 Å². The molecule has 110 valence electrons. The summed E-state index contributed by atoms with van der Waals surface area (Å²) in [5.41, 5.74) is -1.09. The molecule has 0 aliphatic heterocycles. The minimum atomic E-state index is -4.52. The van der Waals surface area contributed by atoms with Crippen LogP contribution >= 0.6 is 0 Å². The molecule has 1 saturated carbocycles. The Hall–Kier alpha value is -1.56. The van der Waals surface area contributed by atoms with Gasteiger partial charge in [0.2, 0.25) is 5.91 Å². The van der Waals surface area contributed by atoms with E-state index >= 15 is 0 Å². The van der Waals surface area contributed by atoms with Crippen molar-refractivity contribution in [3.05, 3.63) is 35.4 Å². The Morgan fingerprint density at radius 3 is 2.60 bits per heavy atom. The third-order valence-corrected chi connectivity index (χ3v) is 3.54. The van der Waals surface area contributed by atoms with Crippen LogP contribution in [0, 0.1) is 11.8 Å². The van der Waals surface area contributed by atoms with E-state index in [4.69, 9.17) is 0 Å². The molecular weight excluding hydrogens is 271 g/mol. The Labute approximate surface area is 114 Å². The SMILES string of the molecule is C[C@@H]1C[C@@H]1C(=O)NC[C@H](O)c1ccccc1C(F)(F)F. The second-order valence-corrected chi connectivity index (χ2v) is 5.17. The van der Waals surface area contributed by atoms with Crippen LogP contribution in [0.15, 0.2) is 24.3 Å². The van der Waals surface area contributed by atoms with Gasteiger partial charge in [0, 0.05) is 12.5 Å². The number of carbonyl (C=O) groups excluding carboxylic acids is 1. The Balaban J connectivity index is 2.02. The van der Waals surface area contributed by atoms with Gasteiger partial charge in [0.25, 0.3) is 0 Å². The van der Waals surface area contributed by atoms with Gasteiger partial charge in [0.15, 0.2) is 0 Å². The maximum Gasteiger partial charge on any atom is 0.416 e. The lowest BCUT2D eigenvalue weighted by molar-refractivity contribution is -0.139. The van der Waals surface area contributed by atoms with Crippen LogP contribution in [-0.4, -0.2) is 17.6 Å². The maximum atomic E-state index is 12.8. The Morgan fingerprint density at radius 1 is 1.45 bits per heavy atom. The van der Waals surface area contributed by atoms with Gasteiger partial charge in [-0.2, -0.15) is 13.2 Å². The lowest BCUT2D eigenvalue weighted by Gasteiger charge is -2.17. The normalized spacial score (nSPS) is 23.2. The molecule has 0 spiro atoms. The van der Waals surface area contributed by atoms with Crippen molar-refractivity contribution in [2.75, 3.05) is 6.54 Å². The number of hydrogen-bond donors (Lipinski definition) is 2. The highest BCUT2D eigenvalue weighted by atomic mass is 19.4. The molecule has 0 saturated heterocycles. The van der Waals surface area contributed by atoms with E-state index in [1.54, 1.807) is 0 Å². The third kappa shape index (κ3) is 3.30. The monoisotopic (exact) mass is 287 g/mol. The van der Waals surface area contributed by atoms with Crippen molar-refractivity contribution in [3.63, 3.8) is 0 Å². The van der Waals surface area contributed by atoms with Gasteiger partial charge in [0.1, 0.15) is 0 Å². The fourth-order valence-corrected chi connectivity index (χ4v) is 2.17. The molecule has 0 heterocycles. The first-order chi connectivity index (χ1) is 9.30. The van der Waals surface area contributed by atoms with Gasteiger partial charge in [0.05, 0.1) is 11.7 Å². The summed E-state index contributed by atoms with van der Waals surface area (Å²) in [6.45, 7) is 1.72. The second kappa shape index (κ2) is 5.44. The minimum Gasteiger partial charge on any atom is -0.387 e. The van der Waals surface area contributed by atoms with Crippen LogP contribution < -0.4 is 5.32 Å². The molecule has 0 bridgehead atoms. The van der Waals surface area contributed by atoms with E-state index in [0.717, 1.165) is 12.5 Å². The van der Waals surface area contributed by atoms with Crippen LogP contribution in [0.3, 0.4) is 0 Å². The number of rotatable bonds is 4. The maximum absolute atomic E-state index is 12.8. The van der Waals surface area contributed by atoms with E-state index in [2.05, 4.69) is 5.32 Å². The van der Waals surface area contributed by atoms with Gasteiger partial charge in [-0.05, 0) is 24.0 Å². The zero-order valence-electron chi connectivity index (χ0n) is 10.9. The molecule has 1 fully saturated rings. The van der Waals surface area contributed by atoms with E-state index in [1.807, 2.05) is 6.92 Å². The van der Waals surface area contributed by atoms with Crippen LogP contribution in [0.5, 0.6) is 0 Å². The van der Waals surface area contributed by atoms with Crippen LogP contribution in [0.1, 0.15) is 30.6 Å². The largest absolute Gasteiger partial charge is 0.416 e. The molecule has 1 aliphatic carbocycles. The summed E-state index contributed by atoms with van der Waals surface area (Å²) < 4.78 is 38.4. The van der Waals surface area contributed by atoms with Crippen molar-refractivity contribution in [1.82, 2.24) is 5.32 Å². The molecule has 0 aromatic heterocycles. The van der Waals surface area contributed by atoms with Crippen molar-refractivity contribution in [2.24, 2.45) is 11.8 Å². The average Bonchev–Trinajstić information content (AvgIpc) is 3.12. The molecule has 6 heteroatoms. The summed E-state index contributed by atoms with van der Waals surface area (Å²) in [6, 6.07) is 4.84. The fourth-order valence-electron chi connectivity index (χ4n) is 2.17. The fraction of sp³-hybridized carbons (Fsp3) is 0.500. The number of amides is 1. The van der Waals surface area contributed by atoms with E-state index in [1.165, 1.54) is 18.2 Å². The van der Waals surface area contributed by atoms with Crippen LogP contribution in [0.2, 0.25) is 0 Å². The first-order valence-corrected chi connectivity index (χ1v) is 6.42. The highest BCUT2D eigenvalue weighted by Crippen LogP contribution is 2.38. The topological polar surface area (TPSA) is 49.3 Å². The molecule has 2 N–H and O–H groups in total. The molecular formula is C14H16F3NO2. The lowest BCUT2D eigenvalue weighted by atomic mass is 10.0. The van der Waals surface area contributed by atoms with E-state index < -0.39 is 17.8 Å². The molecule has 3 atom stereocenters. The molecule has 1 amide bonds. The number of hydrogen-bond acceptors (Lipinski definition) is 2. The predicted octanol–water partition coefficient (Wildman–Crippen LogP) is 2.51. The van der Waals surface area contributed by atoms with Crippen molar-refractivity contribution in [2.45, 2.75) is 25.6 Å². The van der Waals surface area contributed by atoms with Crippen molar-refractivity contribution < 1.29 is 23.1 Å². The summed E-state index contributed by atoms with van der Waals surface area (Å²) in [5.74, 6) is 0.0377. The van der Waals surface area contributed by atoms with Crippen LogP contribution in [0.4, 0.5) is 13.2 Å². The quantitative estimate of drug-likeness (QED) is 0.894. The highest BCUT2D eigenvalue weighted by Gasteiger charge is 2.39. The number of nitrogens with one attached hydrogen (secondary N) is 1. The number of benzene rings is 1. The van der Waals surface area contributed by atoms with Gasteiger partial charge < -0.3 is 10.4 Å². The minimum absolute atomic E-state index is 0.0694. The molecule has 0 unspecified atom stereocenters. The first kappa shape index (κ1) is 14.8. The zero-order valence-corrected chi connectivity index (χ0v) is 10.9. The van der Waals surface area contributed by atoms with Crippen molar-refractivity contribution in [3.8, 4) is 0 Å². The number of aliphatic hydroxyl groups excluding tert-OH is 1. The lowest BCUT2D eigenvalue weighted by Crippen LogP contribution is -2.30. The van der Waals surface area contributed by atoms with E-state index in [9.17, 15) is 23.1 Å². The van der Waals surface area contributed by atoms with Gasteiger partial charge >= 0.3 is 6.18 Å². The van der Waals surface area contributed by atoms with Crippen molar-refractivity contribution in [1.29, 1.82) is 0 Å². The molecule has 0 radical (unpaired) electrons. The molecule has 1 aliphatic rings. The summed E-state index contributed by atoms with van der Waals surface area (Å²) in [5, 5.41) is 12.4. The molecule has 1 aromatic rings. The summed E-state index contributed by atoms with van der Waals surface area (Å²) in [7, 11) is 0. The average molecular weight is 287 g/mol. The predicted molar refractivity (Wildman–Crippen MR) is 66.7 cm³/mol. The highest BCUT2D eigenvalue weighted by molar-refractivity contribution is 5.81. The second-order valence-electron chi connectivity index (χ2n) is 5.17. The number of halogens is 3. The first-order valence-electron chi connectivity index (χ1n) is 6.42. The van der Waals surface area contributed by atoms with Crippen LogP contribution in [0.25, 0.3) is 0 Å². The molecule has 1 aromatic carbocycles. The zero-order chi connectivity index (χ0) is 14.9. The van der Waals surface area contributed by atoms with E-state index in [-0.39, 0.29) is 23.9 Å². The number of aliphatic hydroxyl groups is 1. The number of carbonyl (C=O) groups is 1. The third-order valence-electron chi connectivity index (χ3n) is 3.54. The Kier molecular flexibility index (Phi) is 4.04. The summed E-state index contributed by atoms with van der Waals surface area (Å²) >= 11 is 0. The van der Waals surface area contributed by atoms with Gasteiger partial charge in [-0.1, -0.05) is 25.1 Å². The summed E-state index contributed by atoms with van der Waals surface area (Å²) in [4.78, 5) is 11.6. The Morgan fingerprint density at radius 2 is 2.05 bits per heavy atom. The molecule has 3 nitrogen and oxygen atoms in total. The van der Waals surface area contributed by atoms with Gasteiger partial charge in [-0.25, -0.2) is 0 Å². The molecule has 2 rings (SSSR count). The summed E-state index contributed by atoms with van der Waals surface area (Å²) in [6.07, 6.45) is -5.10. The van der Waals surface area contributed by atoms with E-state index in [0.29, 0.717) is 5.92 Å². The van der Waals surface area contributed by atoms with Gasteiger partial charge in [-0.15, -0.1) is 0 Å².